The molecule has 2 aliphatic rings. The van der Waals surface area contributed by atoms with Crippen molar-refractivity contribution in [1.29, 1.82) is 0 Å². The average Bonchev–Trinajstić information content (AvgIpc) is 2.96. The number of alkyl halides is 1. The first-order valence-electron chi connectivity index (χ1n) is 7.78. The number of halogens is 3. The topological polar surface area (TPSA) is 15.3 Å². The number of nitrogens with one attached hydrogen (secondary N) is 1. The van der Waals surface area contributed by atoms with E-state index in [2.05, 4.69) is 17.1 Å². The van der Waals surface area contributed by atoms with Gasteiger partial charge in [-0.2, -0.15) is 0 Å². The Morgan fingerprint density at radius 2 is 2.05 bits per heavy atom. The molecule has 0 bridgehead atoms. The van der Waals surface area contributed by atoms with E-state index >= 15 is 4.39 Å². The summed E-state index contributed by atoms with van der Waals surface area (Å²) in [6, 6.07) is 4.59. The Balaban J connectivity index is 0.00000176. The van der Waals surface area contributed by atoms with Gasteiger partial charge in [-0.25, -0.2) is 8.78 Å². The average molecular weight is 331 g/mol. The second-order valence-corrected chi connectivity index (χ2v) is 7.18. The van der Waals surface area contributed by atoms with Crippen LogP contribution >= 0.6 is 12.4 Å². The Kier molecular flexibility index (Phi) is 5.15. The lowest BCUT2D eigenvalue weighted by Gasteiger charge is -2.30. The molecular formula is C17H25ClF2N2. The van der Waals surface area contributed by atoms with Crippen molar-refractivity contribution < 1.29 is 8.78 Å². The van der Waals surface area contributed by atoms with Crippen LogP contribution in [0, 0.1) is 18.2 Å². The molecule has 2 atom stereocenters. The summed E-state index contributed by atoms with van der Waals surface area (Å²) >= 11 is 0. The van der Waals surface area contributed by atoms with Gasteiger partial charge in [0.1, 0.15) is 11.5 Å². The largest absolute Gasteiger partial charge is 0.316 e. The van der Waals surface area contributed by atoms with Gasteiger partial charge in [0.2, 0.25) is 0 Å². The number of hydrogen-bond donors (Lipinski definition) is 1. The summed E-state index contributed by atoms with van der Waals surface area (Å²) in [6.45, 7) is 8.18. The van der Waals surface area contributed by atoms with E-state index in [-0.39, 0.29) is 23.6 Å². The predicted molar refractivity (Wildman–Crippen MR) is 87.8 cm³/mol. The van der Waals surface area contributed by atoms with Crippen molar-refractivity contribution >= 4 is 12.4 Å². The molecule has 124 valence electrons. The maximum atomic E-state index is 15.2. The van der Waals surface area contributed by atoms with Crippen molar-refractivity contribution in [2.45, 2.75) is 32.4 Å². The van der Waals surface area contributed by atoms with E-state index in [1.807, 2.05) is 6.92 Å². The van der Waals surface area contributed by atoms with Crippen molar-refractivity contribution in [2.24, 2.45) is 5.41 Å². The lowest BCUT2D eigenvalue weighted by molar-refractivity contribution is 0.143. The highest BCUT2D eigenvalue weighted by atomic mass is 35.5. The monoisotopic (exact) mass is 330 g/mol. The Morgan fingerprint density at radius 1 is 1.27 bits per heavy atom. The molecule has 0 aromatic heterocycles. The van der Waals surface area contributed by atoms with E-state index in [0.717, 1.165) is 38.2 Å². The van der Waals surface area contributed by atoms with E-state index in [0.29, 0.717) is 18.5 Å². The molecule has 0 spiro atoms. The summed E-state index contributed by atoms with van der Waals surface area (Å²) < 4.78 is 28.8. The third-order valence-corrected chi connectivity index (χ3v) is 4.92. The van der Waals surface area contributed by atoms with E-state index in [1.165, 1.54) is 12.1 Å². The number of benzene rings is 1. The molecule has 0 saturated carbocycles. The number of rotatable bonds is 3. The fourth-order valence-electron chi connectivity index (χ4n) is 3.76. The second kappa shape index (κ2) is 6.42. The quantitative estimate of drug-likeness (QED) is 0.913. The zero-order valence-corrected chi connectivity index (χ0v) is 14.1. The lowest BCUT2D eigenvalue weighted by atomic mass is 9.89. The van der Waals surface area contributed by atoms with Crippen LogP contribution in [0.5, 0.6) is 0 Å². The van der Waals surface area contributed by atoms with Crippen molar-refractivity contribution in [1.82, 2.24) is 10.2 Å². The molecule has 2 nitrogen and oxygen atoms in total. The second-order valence-electron chi connectivity index (χ2n) is 7.18. The first kappa shape index (κ1) is 17.6. The molecule has 2 saturated heterocycles. The molecule has 2 heterocycles. The molecule has 1 N–H and O–H groups in total. The van der Waals surface area contributed by atoms with Crippen LogP contribution < -0.4 is 5.32 Å². The summed E-state index contributed by atoms with van der Waals surface area (Å²) in [5.41, 5.74) is 0.114. The molecule has 22 heavy (non-hydrogen) atoms. The SMILES string of the molecule is Cc1cc(F)cc(C2(F)CCN(CC3(C)CCNC3)C2)c1.Cl. The predicted octanol–water partition coefficient (Wildman–Crippen LogP) is 3.43. The van der Waals surface area contributed by atoms with Gasteiger partial charge < -0.3 is 5.32 Å². The van der Waals surface area contributed by atoms with Crippen molar-refractivity contribution in [3.63, 3.8) is 0 Å². The van der Waals surface area contributed by atoms with Crippen molar-refractivity contribution in [2.75, 3.05) is 32.7 Å². The zero-order valence-electron chi connectivity index (χ0n) is 13.3. The summed E-state index contributed by atoms with van der Waals surface area (Å²) in [5.74, 6) is -0.340. The summed E-state index contributed by atoms with van der Waals surface area (Å²) in [5, 5.41) is 3.38. The first-order chi connectivity index (χ1) is 9.89. The van der Waals surface area contributed by atoms with E-state index in [9.17, 15) is 4.39 Å². The number of likely N-dealkylation sites (tertiary alicyclic amines) is 1. The maximum absolute atomic E-state index is 15.2. The van der Waals surface area contributed by atoms with Crippen LogP contribution in [0.1, 0.15) is 30.9 Å². The number of hydrogen-bond acceptors (Lipinski definition) is 2. The van der Waals surface area contributed by atoms with Gasteiger partial charge in [0.15, 0.2) is 0 Å². The minimum absolute atomic E-state index is 0. The summed E-state index contributed by atoms with van der Waals surface area (Å²) in [4.78, 5) is 2.20. The molecule has 0 radical (unpaired) electrons. The van der Waals surface area contributed by atoms with Crippen LogP contribution in [0.4, 0.5) is 8.78 Å². The highest BCUT2D eigenvalue weighted by Gasteiger charge is 2.42. The van der Waals surface area contributed by atoms with Gasteiger partial charge in [-0.15, -0.1) is 12.4 Å². The van der Waals surface area contributed by atoms with E-state index in [1.54, 1.807) is 6.07 Å². The van der Waals surface area contributed by atoms with Gasteiger partial charge in [-0.1, -0.05) is 13.0 Å². The molecule has 2 fully saturated rings. The third kappa shape index (κ3) is 3.61. The van der Waals surface area contributed by atoms with Gasteiger partial charge in [0, 0.05) is 26.2 Å². The fraction of sp³-hybridized carbons (Fsp3) is 0.647. The highest BCUT2D eigenvalue weighted by molar-refractivity contribution is 5.85. The molecule has 0 amide bonds. The fourth-order valence-corrected chi connectivity index (χ4v) is 3.76. The first-order valence-corrected chi connectivity index (χ1v) is 7.78. The van der Waals surface area contributed by atoms with Crippen LogP contribution in [0.2, 0.25) is 0 Å². The Hall–Kier alpha value is -0.710. The molecule has 0 aliphatic carbocycles. The Labute approximate surface area is 137 Å². The smallest absolute Gasteiger partial charge is 0.149 e. The van der Waals surface area contributed by atoms with Gasteiger partial charge >= 0.3 is 0 Å². The van der Waals surface area contributed by atoms with Gasteiger partial charge in [-0.05, 0) is 55.0 Å². The van der Waals surface area contributed by atoms with Crippen LogP contribution in [0.3, 0.4) is 0 Å². The molecule has 2 unspecified atom stereocenters. The minimum atomic E-state index is -1.41. The summed E-state index contributed by atoms with van der Waals surface area (Å²) in [7, 11) is 0. The van der Waals surface area contributed by atoms with Crippen molar-refractivity contribution in [3.05, 3.63) is 35.1 Å². The molecule has 3 rings (SSSR count). The van der Waals surface area contributed by atoms with Gasteiger partial charge in [0.05, 0.1) is 0 Å². The molecule has 5 heteroatoms. The lowest BCUT2D eigenvalue weighted by Crippen LogP contribution is -2.37. The van der Waals surface area contributed by atoms with Crippen LogP contribution in [-0.4, -0.2) is 37.6 Å². The molecule has 1 aromatic carbocycles. The zero-order chi connectivity index (χ0) is 15.1. The molecule has 2 aliphatic heterocycles. The minimum Gasteiger partial charge on any atom is -0.316 e. The normalized spacial score (nSPS) is 32.2. The number of nitrogens with zero attached hydrogens (tertiary/aromatic N) is 1. The molecular weight excluding hydrogens is 306 g/mol. The maximum Gasteiger partial charge on any atom is 0.149 e. The van der Waals surface area contributed by atoms with Gasteiger partial charge in [-0.3, -0.25) is 4.90 Å². The van der Waals surface area contributed by atoms with Gasteiger partial charge in [0.25, 0.3) is 0 Å². The highest BCUT2D eigenvalue weighted by Crippen LogP contribution is 2.38. The Bertz CT molecular complexity index is 511. The summed E-state index contributed by atoms with van der Waals surface area (Å²) in [6.07, 6.45) is 1.60. The van der Waals surface area contributed by atoms with Crippen molar-refractivity contribution in [3.8, 4) is 0 Å². The Morgan fingerprint density at radius 3 is 2.68 bits per heavy atom. The van der Waals surface area contributed by atoms with Crippen LogP contribution in [0.15, 0.2) is 18.2 Å². The third-order valence-electron chi connectivity index (χ3n) is 4.92. The van der Waals surface area contributed by atoms with Crippen LogP contribution in [0.25, 0.3) is 0 Å². The van der Waals surface area contributed by atoms with Crippen LogP contribution in [-0.2, 0) is 5.67 Å². The van der Waals surface area contributed by atoms with E-state index < -0.39 is 5.67 Å². The standard InChI is InChI=1S/C17H24F2N2.ClH/c1-13-7-14(9-15(18)8-13)17(19)4-6-21(12-17)11-16(2)3-5-20-10-16;/h7-9,20H,3-6,10-12H2,1-2H3;1H. The number of aryl methyl sites for hydroxylation is 1. The molecule has 1 aromatic rings. The van der Waals surface area contributed by atoms with E-state index in [4.69, 9.17) is 0 Å².